The molecule has 0 aliphatic heterocycles. The summed E-state index contributed by atoms with van der Waals surface area (Å²) in [5, 5.41) is 9.92. The number of benzene rings is 9. The van der Waals surface area contributed by atoms with E-state index in [2.05, 4.69) is 172 Å². The second-order valence-corrected chi connectivity index (χ2v) is 15.2. The zero-order chi connectivity index (χ0) is 35.6. The molecule has 10 aromatic rings. The summed E-state index contributed by atoms with van der Waals surface area (Å²) >= 11 is 1.92. The van der Waals surface area contributed by atoms with Gasteiger partial charge in [0.05, 0.1) is 1.37 Å². The van der Waals surface area contributed by atoms with E-state index in [0.29, 0.717) is 12.0 Å². The maximum atomic E-state index is 8.09. The van der Waals surface area contributed by atoms with Crippen LogP contribution in [0.15, 0.2) is 176 Å². The molecular weight excluding hydrogens is 645 g/mol. The van der Waals surface area contributed by atoms with Gasteiger partial charge in [0.25, 0.3) is 0 Å². The van der Waals surface area contributed by atoms with Gasteiger partial charge in [0.15, 0.2) is 0 Å². The standard InChI is InChI=1S/C51H36S/c1-32(2)46-30-38(31-47-40-16-11-12-22-48(40)52-51(46)47)34-23-26-35(27-24-34)49-42-18-7-9-20-44(42)50(45-21-10-8-19-43(45)49)41-17-6-5-15-39(41)37-28-25-33-13-3-4-14-36(33)29-37/h3-32H,1-2H3/i3D. The predicted molar refractivity (Wildman–Crippen MR) is 228 cm³/mol. The van der Waals surface area contributed by atoms with Crippen LogP contribution in [0.25, 0.3) is 97.0 Å². The fraction of sp³-hybridized carbons (Fsp3) is 0.0588. The maximum Gasteiger partial charge on any atom is 0.0623 e. The fourth-order valence-electron chi connectivity index (χ4n) is 8.25. The van der Waals surface area contributed by atoms with Crippen LogP contribution in [0, 0.1) is 0 Å². The van der Waals surface area contributed by atoms with Crippen LogP contribution in [0.4, 0.5) is 0 Å². The van der Waals surface area contributed by atoms with Crippen LogP contribution in [-0.4, -0.2) is 0 Å². The van der Waals surface area contributed by atoms with Gasteiger partial charge < -0.3 is 0 Å². The molecule has 246 valence electrons. The lowest BCUT2D eigenvalue weighted by atomic mass is 9.83. The Morgan fingerprint density at radius 2 is 1.02 bits per heavy atom. The summed E-state index contributed by atoms with van der Waals surface area (Å²) < 4.78 is 10.8. The predicted octanol–water partition coefficient (Wildman–Crippen LogP) is 15.3. The van der Waals surface area contributed by atoms with E-state index >= 15 is 0 Å². The molecule has 0 N–H and O–H groups in total. The van der Waals surface area contributed by atoms with Crippen LogP contribution >= 0.6 is 11.3 Å². The van der Waals surface area contributed by atoms with Gasteiger partial charge in [-0.2, -0.15) is 0 Å². The van der Waals surface area contributed by atoms with E-state index in [1.807, 2.05) is 23.5 Å². The average Bonchev–Trinajstić information content (AvgIpc) is 3.58. The van der Waals surface area contributed by atoms with Gasteiger partial charge in [0.1, 0.15) is 0 Å². The molecule has 0 aliphatic carbocycles. The molecule has 1 heteroatoms. The van der Waals surface area contributed by atoms with E-state index < -0.39 is 0 Å². The minimum Gasteiger partial charge on any atom is -0.135 e. The Kier molecular flexibility index (Phi) is 7.04. The van der Waals surface area contributed by atoms with Gasteiger partial charge in [0.2, 0.25) is 0 Å². The van der Waals surface area contributed by atoms with Gasteiger partial charge in [-0.25, -0.2) is 0 Å². The molecule has 0 atom stereocenters. The van der Waals surface area contributed by atoms with E-state index in [0.717, 1.165) is 10.8 Å². The molecular formula is C51H36S. The highest BCUT2D eigenvalue weighted by atomic mass is 32.1. The Morgan fingerprint density at radius 1 is 0.423 bits per heavy atom. The molecule has 0 saturated carbocycles. The van der Waals surface area contributed by atoms with Crippen molar-refractivity contribution >= 4 is 63.8 Å². The number of fused-ring (bicyclic) bond motifs is 6. The quantitative estimate of drug-likeness (QED) is 0.159. The Balaban J connectivity index is 1.15. The van der Waals surface area contributed by atoms with Crippen molar-refractivity contribution in [3.05, 3.63) is 181 Å². The van der Waals surface area contributed by atoms with Crippen molar-refractivity contribution in [2.24, 2.45) is 0 Å². The summed E-state index contributed by atoms with van der Waals surface area (Å²) in [6.45, 7) is 4.61. The normalized spacial score (nSPS) is 12.1. The lowest BCUT2D eigenvalue weighted by Crippen LogP contribution is -1.93. The highest BCUT2D eigenvalue weighted by Gasteiger charge is 2.19. The molecule has 0 amide bonds. The summed E-state index contributed by atoms with van der Waals surface area (Å²) in [5.74, 6) is 0.435. The molecule has 0 unspecified atom stereocenters. The van der Waals surface area contributed by atoms with Gasteiger partial charge in [-0.3, -0.25) is 0 Å². The minimum atomic E-state index is 0.435. The SMILES string of the molecule is [2H]c1ccc2cc(-c3ccccc3-c3c4ccccc4c(-c4ccc(-c5cc(C(C)C)c6sc7ccccc7c6c5)cc4)c4ccccc34)ccc2c1. The van der Waals surface area contributed by atoms with Crippen LogP contribution in [0.5, 0.6) is 0 Å². The number of rotatable bonds is 5. The van der Waals surface area contributed by atoms with E-state index in [-0.39, 0.29) is 0 Å². The van der Waals surface area contributed by atoms with Crippen molar-refractivity contribution in [3.63, 3.8) is 0 Å². The van der Waals surface area contributed by atoms with Gasteiger partial charge in [-0.15, -0.1) is 11.3 Å². The summed E-state index contributed by atoms with van der Waals surface area (Å²) in [4.78, 5) is 0. The van der Waals surface area contributed by atoms with Gasteiger partial charge in [0, 0.05) is 20.2 Å². The maximum absolute atomic E-state index is 8.09. The average molecular weight is 682 g/mol. The molecule has 10 rings (SSSR count). The number of hydrogen-bond donors (Lipinski definition) is 0. The molecule has 1 aromatic heterocycles. The zero-order valence-corrected chi connectivity index (χ0v) is 30.0. The van der Waals surface area contributed by atoms with Crippen LogP contribution in [0.2, 0.25) is 0 Å². The molecule has 0 bridgehead atoms. The van der Waals surface area contributed by atoms with E-state index in [1.54, 1.807) is 0 Å². The van der Waals surface area contributed by atoms with Crippen LogP contribution in [0.3, 0.4) is 0 Å². The topological polar surface area (TPSA) is 0 Å². The lowest BCUT2D eigenvalue weighted by Gasteiger charge is -2.20. The summed E-state index contributed by atoms with van der Waals surface area (Å²) in [6.07, 6.45) is 0. The first-order chi connectivity index (χ1) is 26.0. The molecule has 0 radical (unpaired) electrons. The molecule has 0 aliphatic rings. The summed E-state index contributed by atoms with van der Waals surface area (Å²) in [7, 11) is 0. The second-order valence-electron chi connectivity index (χ2n) is 14.1. The lowest BCUT2D eigenvalue weighted by molar-refractivity contribution is 0.878. The Labute approximate surface area is 309 Å². The summed E-state index contributed by atoms with van der Waals surface area (Å²) in [6, 6.07) is 62.5. The molecule has 0 fully saturated rings. The van der Waals surface area contributed by atoms with Gasteiger partial charge in [-0.05, 0) is 113 Å². The highest BCUT2D eigenvalue weighted by molar-refractivity contribution is 7.26. The largest absolute Gasteiger partial charge is 0.135 e. The second kappa shape index (κ2) is 12.3. The van der Waals surface area contributed by atoms with Crippen molar-refractivity contribution in [2.75, 3.05) is 0 Å². The van der Waals surface area contributed by atoms with E-state index in [4.69, 9.17) is 1.37 Å². The van der Waals surface area contributed by atoms with E-state index in [1.165, 1.54) is 91.8 Å². The Morgan fingerprint density at radius 3 is 1.73 bits per heavy atom. The Bertz CT molecular complexity index is 2980. The first kappa shape index (κ1) is 29.7. The van der Waals surface area contributed by atoms with Gasteiger partial charge in [-0.1, -0.05) is 165 Å². The summed E-state index contributed by atoms with van der Waals surface area (Å²) in [5.41, 5.74) is 11.3. The zero-order valence-electron chi connectivity index (χ0n) is 30.2. The molecule has 0 nitrogen and oxygen atoms in total. The Hall–Kier alpha value is -6.02. The molecule has 0 saturated heterocycles. The fourth-order valence-corrected chi connectivity index (χ4v) is 9.60. The molecule has 1 heterocycles. The van der Waals surface area contributed by atoms with Crippen molar-refractivity contribution in [2.45, 2.75) is 19.8 Å². The van der Waals surface area contributed by atoms with Crippen molar-refractivity contribution in [3.8, 4) is 44.5 Å². The number of thiophene rings is 1. The van der Waals surface area contributed by atoms with Gasteiger partial charge >= 0.3 is 0 Å². The monoisotopic (exact) mass is 681 g/mol. The highest BCUT2D eigenvalue weighted by Crippen LogP contribution is 2.47. The molecule has 9 aromatic carbocycles. The van der Waals surface area contributed by atoms with Crippen molar-refractivity contribution in [1.82, 2.24) is 0 Å². The van der Waals surface area contributed by atoms with Crippen molar-refractivity contribution < 1.29 is 1.37 Å². The first-order valence-electron chi connectivity index (χ1n) is 18.6. The van der Waals surface area contributed by atoms with Crippen molar-refractivity contribution in [1.29, 1.82) is 0 Å². The third-order valence-electron chi connectivity index (χ3n) is 10.8. The third-order valence-corrected chi connectivity index (χ3v) is 12.0. The number of hydrogen-bond acceptors (Lipinski definition) is 1. The van der Waals surface area contributed by atoms with Crippen LogP contribution < -0.4 is 0 Å². The molecule has 52 heavy (non-hydrogen) atoms. The molecule has 0 spiro atoms. The first-order valence-corrected chi connectivity index (χ1v) is 18.9. The van der Waals surface area contributed by atoms with Crippen LogP contribution in [-0.2, 0) is 0 Å². The van der Waals surface area contributed by atoms with Crippen LogP contribution in [0.1, 0.15) is 26.7 Å². The van der Waals surface area contributed by atoms with E-state index in [9.17, 15) is 0 Å². The minimum absolute atomic E-state index is 0.435. The smallest absolute Gasteiger partial charge is 0.0623 e. The third kappa shape index (κ3) is 4.96.